The maximum absolute atomic E-state index is 8.88. The number of nitrogens with two attached hydrogens (primary N) is 1. The third kappa shape index (κ3) is 3.98. The molecule has 0 aliphatic rings. The van der Waals surface area contributed by atoms with Crippen molar-refractivity contribution in [3.05, 3.63) is 63.7 Å². The number of ether oxygens (including phenoxy) is 1. The van der Waals surface area contributed by atoms with Gasteiger partial charge >= 0.3 is 0 Å². The Hall–Kier alpha value is -2.02. The monoisotopic (exact) mass is 300 g/mol. The standard InChI is InChI=1S/C17H17ClN2O/c1-12-8-13(10-20)2-3-15(12)11-21-17-5-4-16(18)9-14(17)6-7-19/h2-5,8-9H,6-7,11,19H2,1H3. The average Bonchev–Trinajstić information content (AvgIpc) is 2.48. The molecule has 0 radical (unpaired) electrons. The van der Waals surface area contributed by atoms with Crippen molar-refractivity contribution in [2.75, 3.05) is 6.54 Å². The zero-order chi connectivity index (χ0) is 15.2. The van der Waals surface area contributed by atoms with Gasteiger partial charge in [-0.05, 0) is 66.9 Å². The van der Waals surface area contributed by atoms with Gasteiger partial charge in [-0.3, -0.25) is 0 Å². The molecule has 0 fully saturated rings. The molecule has 0 saturated heterocycles. The summed E-state index contributed by atoms with van der Waals surface area (Å²) in [7, 11) is 0. The minimum atomic E-state index is 0.455. The molecular weight excluding hydrogens is 284 g/mol. The van der Waals surface area contributed by atoms with E-state index in [0.717, 1.165) is 28.9 Å². The molecule has 0 bridgehead atoms. The maximum atomic E-state index is 8.88. The molecule has 0 aliphatic carbocycles. The Balaban J connectivity index is 2.15. The van der Waals surface area contributed by atoms with E-state index in [4.69, 9.17) is 27.3 Å². The number of halogens is 1. The van der Waals surface area contributed by atoms with E-state index in [-0.39, 0.29) is 0 Å². The molecular formula is C17H17ClN2O. The molecule has 3 nitrogen and oxygen atoms in total. The van der Waals surface area contributed by atoms with E-state index < -0.39 is 0 Å². The molecule has 2 rings (SSSR count). The highest BCUT2D eigenvalue weighted by Crippen LogP contribution is 2.24. The molecule has 0 unspecified atom stereocenters. The van der Waals surface area contributed by atoms with Gasteiger partial charge in [-0.2, -0.15) is 5.26 Å². The lowest BCUT2D eigenvalue weighted by molar-refractivity contribution is 0.302. The largest absolute Gasteiger partial charge is 0.489 e. The van der Waals surface area contributed by atoms with Crippen LogP contribution in [0.1, 0.15) is 22.3 Å². The molecule has 2 aromatic carbocycles. The van der Waals surface area contributed by atoms with Gasteiger partial charge < -0.3 is 10.5 Å². The van der Waals surface area contributed by atoms with Crippen molar-refractivity contribution in [3.8, 4) is 11.8 Å². The van der Waals surface area contributed by atoms with Gasteiger partial charge in [0, 0.05) is 5.02 Å². The zero-order valence-electron chi connectivity index (χ0n) is 11.9. The van der Waals surface area contributed by atoms with Crippen LogP contribution in [-0.4, -0.2) is 6.54 Å². The summed E-state index contributed by atoms with van der Waals surface area (Å²) < 4.78 is 5.89. The molecule has 0 heterocycles. The SMILES string of the molecule is Cc1cc(C#N)ccc1COc1ccc(Cl)cc1CCN. The van der Waals surface area contributed by atoms with Crippen LogP contribution in [0, 0.1) is 18.3 Å². The minimum Gasteiger partial charge on any atom is -0.489 e. The second-order valence-electron chi connectivity index (χ2n) is 4.83. The first-order valence-corrected chi connectivity index (χ1v) is 7.12. The molecule has 0 spiro atoms. The van der Waals surface area contributed by atoms with E-state index in [1.54, 1.807) is 6.07 Å². The van der Waals surface area contributed by atoms with Gasteiger partial charge in [0.1, 0.15) is 12.4 Å². The van der Waals surface area contributed by atoms with Gasteiger partial charge in [0.2, 0.25) is 0 Å². The predicted octanol–water partition coefficient (Wildman–Crippen LogP) is 3.60. The van der Waals surface area contributed by atoms with Crippen molar-refractivity contribution < 1.29 is 4.74 Å². The molecule has 108 valence electrons. The zero-order valence-corrected chi connectivity index (χ0v) is 12.7. The van der Waals surface area contributed by atoms with Crippen LogP contribution in [-0.2, 0) is 13.0 Å². The van der Waals surface area contributed by atoms with Crippen molar-refractivity contribution in [2.45, 2.75) is 20.0 Å². The minimum absolute atomic E-state index is 0.455. The van der Waals surface area contributed by atoms with Crippen LogP contribution in [0.5, 0.6) is 5.75 Å². The Kier molecular flexibility index (Phi) is 5.21. The second-order valence-corrected chi connectivity index (χ2v) is 5.27. The molecule has 21 heavy (non-hydrogen) atoms. The van der Waals surface area contributed by atoms with Gasteiger partial charge in [0.05, 0.1) is 11.6 Å². The van der Waals surface area contributed by atoms with Gasteiger partial charge in [-0.15, -0.1) is 0 Å². The number of aryl methyl sites for hydroxylation is 1. The summed E-state index contributed by atoms with van der Waals surface area (Å²) in [6.45, 7) is 2.98. The lowest BCUT2D eigenvalue weighted by Gasteiger charge is -2.13. The van der Waals surface area contributed by atoms with Crippen LogP contribution in [0.3, 0.4) is 0 Å². The van der Waals surface area contributed by atoms with E-state index in [9.17, 15) is 0 Å². The van der Waals surface area contributed by atoms with Crippen LogP contribution in [0.2, 0.25) is 5.02 Å². The number of nitrogens with zero attached hydrogens (tertiary/aromatic N) is 1. The van der Waals surface area contributed by atoms with Crippen molar-refractivity contribution in [3.63, 3.8) is 0 Å². The number of nitriles is 1. The first-order valence-electron chi connectivity index (χ1n) is 6.75. The Bertz CT molecular complexity index is 677. The topological polar surface area (TPSA) is 59.0 Å². The van der Waals surface area contributed by atoms with Crippen molar-refractivity contribution in [1.29, 1.82) is 5.26 Å². The molecule has 0 aromatic heterocycles. The van der Waals surface area contributed by atoms with Gasteiger partial charge in [-0.25, -0.2) is 0 Å². The van der Waals surface area contributed by atoms with Crippen molar-refractivity contribution in [1.82, 2.24) is 0 Å². The van der Waals surface area contributed by atoms with Crippen LogP contribution in [0.4, 0.5) is 0 Å². The Labute approximate surface area is 129 Å². The van der Waals surface area contributed by atoms with Gasteiger partial charge in [0.15, 0.2) is 0 Å². The van der Waals surface area contributed by atoms with Gasteiger partial charge in [-0.1, -0.05) is 17.7 Å². The van der Waals surface area contributed by atoms with Crippen LogP contribution in [0.25, 0.3) is 0 Å². The highest BCUT2D eigenvalue weighted by Gasteiger charge is 2.06. The summed E-state index contributed by atoms with van der Waals surface area (Å²) in [6.07, 6.45) is 0.724. The predicted molar refractivity (Wildman–Crippen MR) is 84.4 cm³/mol. The summed E-state index contributed by atoms with van der Waals surface area (Å²) in [4.78, 5) is 0. The summed E-state index contributed by atoms with van der Waals surface area (Å²) >= 11 is 6.00. The molecule has 0 atom stereocenters. The third-order valence-corrected chi connectivity index (χ3v) is 3.53. The van der Waals surface area contributed by atoms with Crippen LogP contribution >= 0.6 is 11.6 Å². The van der Waals surface area contributed by atoms with Crippen molar-refractivity contribution in [2.24, 2.45) is 5.73 Å². The number of benzene rings is 2. The fourth-order valence-electron chi connectivity index (χ4n) is 2.12. The molecule has 2 N–H and O–H groups in total. The summed E-state index contributed by atoms with van der Waals surface area (Å²) in [5, 5.41) is 9.56. The Morgan fingerprint density at radius 2 is 2.00 bits per heavy atom. The van der Waals surface area contributed by atoms with E-state index in [2.05, 4.69) is 6.07 Å². The smallest absolute Gasteiger partial charge is 0.123 e. The lowest BCUT2D eigenvalue weighted by Crippen LogP contribution is -2.06. The lowest BCUT2D eigenvalue weighted by atomic mass is 10.1. The Morgan fingerprint density at radius 1 is 1.19 bits per heavy atom. The second kappa shape index (κ2) is 7.12. The highest BCUT2D eigenvalue weighted by molar-refractivity contribution is 6.30. The maximum Gasteiger partial charge on any atom is 0.123 e. The van der Waals surface area contributed by atoms with Crippen LogP contribution in [0.15, 0.2) is 36.4 Å². The van der Waals surface area contributed by atoms with Crippen LogP contribution < -0.4 is 10.5 Å². The Morgan fingerprint density at radius 3 is 2.67 bits per heavy atom. The first-order chi connectivity index (χ1) is 10.1. The van der Waals surface area contributed by atoms with E-state index >= 15 is 0 Å². The van der Waals surface area contributed by atoms with E-state index in [1.807, 2.05) is 37.3 Å². The summed E-state index contributed by atoms with van der Waals surface area (Å²) in [5.74, 6) is 0.800. The first kappa shape index (κ1) is 15.4. The summed E-state index contributed by atoms with van der Waals surface area (Å²) in [5.41, 5.74) is 9.39. The molecule has 0 amide bonds. The number of hydrogen-bond donors (Lipinski definition) is 1. The number of rotatable bonds is 5. The van der Waals surface area contributed by atoms with Gasteiger partial charge in [0.25, 0.3) is 0 Å². The molecule has 4 heteroatoms. The molecule has 0 saturated carbocycles. The average molecular weight is 301 g/mol. The quantitative estimate of drug-likeness (QED) is 0.918. The summed E-state index contributed by atoms with van der Waals surface area (Å²) in [6, 6.07) is 13.3. The fourth-order valence-corrected chi connectivity index (χ4v) is 2.32. The van der Waals surface area contributed by atoms with Crippen molar-refractivity contribution >= 4 is 11.6 Å². The highest BCUT2D eigenvalue weighted by atomic mass is 35.5. The van der Waals surface area contributed by atoms with E-state index in [0.29, 0.717) is 23.7 Å². The van der Waals surface area contributed by atoms with E-state index in [1.165, 1.54) is 0 Å². The molecule has 0 aliphatic heterocycles. The molecule has 2 aromatic rings. The third-order valence-electron chi connectivity index (χ3n) is 3.29. The normalized spacial score (nSPS) is 10.2. The number of hydrogen-bond acceptors (Lipinski definition) is 3. The fraction of sp³-hybridized carbons (Fsp3) is 0.235.